The first-order valence-electron chi connectivity index (χ1n) is 5.61. The second-order valence-corrected chi connectivity index (χ2v) is 3.80. The van der Waals surface area contributed by atoms with Crippen molar-refractivity contribution in [1.29, 1.82) is 0 Å². The maximum atomic E-state index is 11.2. The molecule has 0 fully saturated rings. The maximum Gasteiger partial charge on any atom is 0.339 e. The van der Waals surface area contributed by atoms with Crippen LogP contribution in [0.4, 0.5) is 0 Å². The largest absolute Gasteiger partial charge is 0.478 e. The van der Waals surface area contributed by atoms with Crippen molar-refractivity contribution < 1.29 is 19.4 Å². The molecule has 0 radical (unpaired) electrons. The third-order valence-electron chi connectivity index (χ3n) is 2.69. The molecule has 0 amide bonds. The lowest BCUT2D eigenvalue weighted by Crippen LogP contribution is -2.14. The van der Waals surface area contributed by atoms with Gasteiger partial charge < -0.3 is 14.6 Å². The minimum Gasteiger partial charge on any atom is -0.478 e. The number of carbonyl (C=O) groups is 1. The first kappa shape index (κ1) is 13.3. The number of benzene rings is 1. The fourth-order valence-corrected chi connectivity index (χ4v) is 1.84. The Labute approximate surface area is 110 Å². The Morgan fingerprint density at radius 3 is 2.42 bits per heavy atom. The van der Waals surface area contributed by atoms with Gasteiger partial charge in [-0.2, -0.15) is 5.10 Å². The summed E-state index contributed by atoms with van der Waals surface area (Å²) in [5.41, 5.74) is 1.14. The molecule has 1 N–H and O–H groups in total. The van der Waals surface area contributed by atoms with Gasteiger partial charge in [-0.15, -0.1) is 0 Å². The zero-order valence-corrected chi connectivity index (χ0v) is 10.6. The Bertz CT molecular complexity index is 561. The van der Waals surface area contributed by atoms with Crippen LogP contribution in [0, 0.1) is 0 Å². The van der Waals surface area contributed by atoms with Crippen LogP contribution in [-0.2, 0) is 9.47 Å². The molecule has 0 aliphatic heterocycles. The van der Waals surface area contributed by atoms with Gasteiger partial charge in [0.1, 0.15) is 11.3 Å². The number of hydrogen-bond acceptors (Lipinski definition) is 4. The first-order valence-corrected chi connectivity index (χ1v) is 5.61. The Morgan fingerprint density at radius 1 is 1.26 bits per heavy atom. The molecular weight excluding hydrogens is 248 g/mol. The van der Waals surface area contributed by atoms with E-state index in [1.807, 2.05) is 30.3 Å². The van der Waals surface area contributed by atoms with Gasteiger partial charge in [0.2, 0.25) is 6.29 Å². The van der Waals surface area contributed by atoms with Crippen LogP contribution in [0.2, 0.25) is 0 Å². The SMILES string of the molecule is COC(OC)c1c(C(=O)O)cnn1-c1ccccc1. The Hall–Kier alpha value is -2.18. The molecular formula is C13H14N2O4. The summed E-state index contributed by atoms with van der Waals surface area (Å²) in [6, 6.07) is 9.20. The zero-order chi connectivity index (χ0) is 13.8. The summed E-state index contributed by atoms with van der Waals surface area (Å²) in [6.07, 6.45) is 0.490. The Kier molecular flexibility index (Phi) is 3.94. The summed E-state index contributed by atoms with van der Waals surface area (Å²) in [6.45, 7) is 0. The van der Waals surface area contributed by atoms with Crippen LogP contribution in [0.5, 0.6) is 0 Å². The molecule has 0 bridgehead atoms. The van der Waals surface area contributed by atoms with Gasteiger partial charge in [-0.3, -0.25) is 0 Å². The number of aromatic nitrogens is 2. The van der Waals surface area contributed by atoms with Gasteiger partial charge in [0, 0.05) is 14.2 Å². The standard InChI is InChI=1S/C13H14N2O4/c1-18-13(19-2)11-10(12(16)17)8-14-15(11)9-6-4-3-5-7-9/h3-8,13H,1-2H3,(H,16,17). The van der Waals surface area contributed by atoms with E-state index in [4.69, 9.17) is 9.47 Å². The minimum atomic E-state index is -1.07. The van der Waals surface area contributed by atoms with Crippen LogP contribution in [-0.4, -0.2) is 35.1 Å². The molecule has 1 aromatic heterocycles. The number of nitrogens with zero attached hydrogens (tertiary/aromatic N) is 2. The van der Waals surface area contributed by atoms with Crippen molar-refractivity contribution in [2.24, 2.45) is 0 Å². The van der Waals surface area contributed by atoms with Gasteiger partial charge in [-0.25, -0.2) is 9.48 Å². The number of carboxylic acid groups (broad SMARTS) is 1. The lowest BCUT2D eigenvalue weighted by Gasteiger charge is -2.16. The van der Waals surface area contributed by atoms with Gasteiger partial charge >= 0.3 is 5.97 Å². The van der Waals surface area contributed by atoms with Crippen LogP contribution in [0.25, 0.3) is 5.69 Å². The van der Waals surface area contributed by atoms with Crippen molar-refractivity contribution in [2.45, 2.75) is 6.29 Å². The van der Waals surface area contributed by atoms with Gasteiger partial charge in [0.05, 0.1) is 11.9 Å². The molecule has 6 heteroatoms. The molecule has 100 valence electrons. The van der Waals surface area contributed by atoms with Crippen molar-refractivity contribution in [3.05, 3.63) is 47.8 Å². The summed E-state index contributed by atoms with van der Waals surface area (Å²) in [5, 5.41) is 13.3. The van der Waals surface area contributed by atoms with E-state index < -0.39 is 12.3 Å². The third kappa shape index (κ3) is 2.49. The maximum absolute atomic E-state index is 11.2. The molecule has 19 heavy (non-hydrogen) atoms. The normalized spacial score (nSPS) is 10.9. The molecule has 6 nitrogen and oxygen atoms in total. The van der Waals surface area contributed by atoms with Crippen molar-refractivity contribution in [3.63, 3.8) is 0 Å². The third-order valence-corrected chi connectivity index (χ3v) is 2.69. The average Bonchev–Trinajstić information content (AvgIpc) is 2.86. The molecule has 0 aliphatic rings. The lowest BCUT2D eigenvalue weighted by atomic mass is 10.2. The number of hydrogen-bond donors (Lipinski definition) is 1. The smallest absolute Gasteiger partial charge is 0.339 e. The summed E-state index contributed by atoms with van der Waals surface area (Å²) in [4.78, 5) is 11.2. The predicted molar refractivity (Wildman–Crippen MR) is 67.3 cm³/mol. The van der Waals surface area contributed by atoms with Gasteiger partial charge in [0.25, 0.3) is 0 Å². The Balaban J connectivity index is 2.59. The van der Waals surface area contributed by atoms with Crippen LogP contribution in [0.15, 0.2) is 36.5 Å². The average molecular weight is 262 g/mol. The molecule has 0 saturated carbocycles. The van der Waals surface area contributed by atoms with Crippen LogP contribution >= 0.6 is 0 Å². The molecule has 0 unspecified atom stereocenters. The molecule has 0 atom stereocenters. The van der Waals surface area contributed by atoms with Crippen molar-refractivity contribution in [2.75, 3.05) is 14.2 Å². The topological polar surface area (TPSA) is 73.6 Å². The van der Waals surface area contributed by atoms with Crippen LogP contribution in [0.3, 0.4) is 0 Å². The quantitative estimate of drug-likeness (QED) is 0.832. The molecule has 0 spiro atoms. The molecule has 1 heterocycles. The number of methoxy groups -OCH3 is 2. The highest BCUT2D eigenvalue weighted by Crippen LogP contribution is 2.24. The monoisotopic (exact) mass is 262 g/mol. The summed E-state index contributed by atoms with van der Waals surface area (Å²) in [5.74, 6) is -1.07. The van der Waals surface area contributed by atoms with E-state index in [1.165, 1.54) is 25.1 Å². The molecule has 0 saturated heterocycles. The van der Waals surface area contributed by atoms with E-state index in [0.29, 0.717) is 5.69 Å². The summed E-state index contributed by atoms with van der Waals surface area (Å²) in [7, 11) is 2.89. The van der Waals surface area contributed by atoms with Gasteiger partial charge in [0.15, 0.2) is 0 Å². The van der Waals surface area contributed by atoms with E-state index in [9.17, 15) is 9.90 Å². The van der Waals surface area contributed by atoms with E-state index in [-0.39, 0.29) is 5.56 Å². The van der Waals surface area contributed by atoms with Crippen molar-refractivity contribution >= 4 is 5.97 Å². The number of aromatic carboxylic acids is 1. The van der Waals surface area contributed by atoms with Gasteiger partial charge in [-0.1, -0.05) is 18.2 Å². The predicted octanol–water partition coefficient (Wildman–Crippen LogP) is 1.86. The lowest BCUT2D eigenvalue weighted by molar-refractivity contribution is -0.110. The van der Waals surface area contributed by atoms with E-state index >= 15 is 0 Å². The fraction of sp³-hybridized carbons (Fsp3) is 0.231. The first-order chi connectivity index (χ1) is 9.19. The van der Waals surface area contributed by atoms with Gasteiger partial charge in [-0.05, 0) is 12.1 Å². The summed E-state index contributed by atoms with van der Waals surface area (Å²) < 4.78 is 11.8. The van der Waals surface area contributed by atoms with Crippen molar-refractivity contribution in [1.82, 2.24) is 9.78 Å². The number of ether oxygens (including phenoxy) is 2. The highest BCUT2D eigenvalue weighted by molar-refractivity contribution is 5.89. The van der Waals surface area contributed by atoms with E-state index in [2.05, 4.69) is 5.10 Å². The van der Waals surface area contributed by atoms with E-state index in [1.54, 1.807) is 0 Å². The van der Waals surface area contributed by atoms with Crippen LogP contribution in [0.1, 0.15) is 22.3 Å². The highest BCUT2D eigenvalue weighted by Gasteiger charge is 2.25. The second-order valence-electron chi connectivity index (χ2n) is 3.80. The summed E-state index contributed by atoms with van der Waals surface area (Å²) >= 11 is 0. The molecule has 2 aromatic rings. The van der Waals surface area contributed by atoms with Crippen molar-refractivity contribution in [3.8, 4) is 5.69 Å². The fourth-order valence-electron chi connectivity index (χ4n) is 1.84. The molecule has 0 aliphatic carbocycles. The van der Waals surface area contributed by atoms with Crippen LogP contribution < -0.4 is 0 Å². The number of carboxylic acids is 1. The zero-order valence-electron chi connectivity index (χ0n) is 10.6. The minimum absolute atomic E-state index is 0.0533. The Morgan fingerprint density at radius 2 is 1.89 bits per heavy atom. The number of para-hydroxylation sites is 1. The second kappa shape index (κ2) is 5.64. The molecule has 1 aromatic carbocycles. The van der Waals surface area contributed by atoms with E-state index in [0.717, 1.165) is 5.69 Å². The highest BCUT2D eigenvalue weighted by atomic mass is 16.7. The number of rotatable bonds is 5. The molecule has 2 rings (SSSR count).